The fraction of sp³-hybridized carbons (Fsp3) is 0.625. The third-order valence-electron chi connectivity index (χ3n) is 3.67. The minimum Gasteiger partial charge on any atom is -0.425 e. The molecule has 0 amide bonds. The third kappa shape index (κ3) is 6.49. The van der Waals surface area contributed by atoms with E-state index in [0.29, 0.717) is 0 Å². The summed E-state index contributed by atoms with van der Waals surface area (Å²) in [6.45, 7) is 5.89. The minimum atomic E-state index is -6.50. The van der Waals surface area contributed by atoms with E-state index in [9.17, 15) is 35.3 Å². The van der Waals surface area contributed by atoms with Gasteiger partial charge in [-0.2, -0.15) is 30.7 Å². The molecule has 0 fully saturated rings. The lowest BCUT2D eigenvalue weighted by Crippen LogP contribution is -2.58. The van der Waals surface area contributed by atoms with E-state index in [1.807, 2.05) is 0 Å². The van der Waals surface area contributed by atoms with Crippen LogP contribution in [0.4, 0.5) is 30.7 Å². The van der Waals surface area contributed by atoms with Gasteiger partial charge in [0.15, 0.2) is 0 Å². The predicted octanol–water partition coefficient (Wildman–Crippen LogP) is 6.83. The van der Waals surface area contributed by atoms with Crippen molar-refractivity contribution in [1.29, 1.82) is 0 Å². The van der Waals surface area contributed by atoms with Crippen molar-refractivity contribution in [2.45, 2.75) is 56.2 Å². The van der Waals surface area contributed by atoms with E-state index in [0.717, 1.165) is 6.66 Å². The summed E-state index contributed by atoms with van der Waals surface area (Å²) in [7, 11) is -6.56. The zero-order valence-electron chi connectivity index (χ0n) is 15.7. The first-order chi connectivity index (χ1) is 12.4. The van der Waals surface area contributed by atoms with E-state index in [4.69, 9.17) is 4.52 Å². The zero-order valence-corrected chi connectivity index (χ0v) is 17.6. The molecule has 0 heterocycles. The summed E-state index contributed by atoms with van der Waals surface area (Å²) in [6, 6.07) is 7.06. The van der Waals surface area contributed by atoms with Crippen LogP contribution in [0.2, 0.25) is 25.7 Å². The third-order valence-corrected chi connectivity index (χ3v) is 6.64. The Bertz CT molecular complexity index is 690. The number of alkyl halides is 7. The molecule has 162 valence electrons. The van der Waals surface area contributed by atoms with E-state index in [1.54, 1.807) is 25.7 Å². The molecule has 2 unspecified atom stereocenters. The van der Waals surface area contributed by atoms with Gasteiger partial charge in [0.25, 0.3) is 0 Å². The summed E-state index contributed by atoms with van der Waals surface area (Å²) < 4.78 is 115. The molecule has 0 spiro atoms. The molecule has 1 rings (SSSR count). The topological polar surface area (TPSA) is 35.5 Å². The first-order valence-corrected chi connectivity index (χ1v) is 13.9. The van der Waals surface area contributed by atoms with Crippen LogP contribution in [-0.4, -0.2) is 38.9 Å². The van der Waals surface area contributed by atoms with Crippen molar-refractivity contribution in [3.63, 3.8) is 0 Å². The standard InChI is InChI=1S/C16H22F7O3PSi/c1-27(24,25-12-8-6-5-7-9-12)26-13(10-11-28(2,3)4)14(17,18)15(19,20)16(21,22)23/h5-9,13H,10-11H2,1-4H3. The highest BCUT2D eigenvalue weighted by molar-refractivity contribution is 7.53. The summed E-state index contributed by atoms with van der Waals surface area (Å²) in [5.74, 6) is -12.1. The summed E-state index contributed by atoms with van der Waals surface area (Å²) >= 11 is 0. The zero-order chi connectivity index (χ0) is 22.0. The van der Waals surface area contributed by atoms with E-state index < -0.39 is 46.2 Å². The highest BCUT2D eigenvalue weighted by Gasteiger charge is 2.76. The van der Waals surface area contributed by atoms with E-state index in [2.05, 4.69) is 4.52 Å². The molecule has 12 heteroatoms. The Hall–Kier alpha value is -1.06. The quantitative estimate of drug-likeness (QED) is 0.233. The van der Waals surface area contributed by atoms with Crippen molar-refractivity contribution in [1.82, 2.24) is 0 Å². The van der Waals surface area contributed by atoms with E-state index in [-0.39, 0.29) is 11.8 Å². The number of halogens is 7. The molecular formula is C16H22F7O3PSi. The van der Waals surface area contributed by atoms with Gasteiger partial charge in [0.05, 0.1) is 0 Å². The molecule has 0 N–H and O–H groups in total. The van der Waals surface area contributed by atoms with Crippen molar-refractivity contribution in [2.24, 2.45) is 0 Å². The summed E-state index contributed by atoms with van der Waals surface area (Å²) in [6.07, 6.45) is -10.3. The maximum Gasteiger partial charge on any atom is 0.459 e. The van der Waals surface area contributed by atoms with Gasteiger partial charge < -0.3 is 4.52 Å². The first-order valence-electron chi connectivity index (χ1n) is 8.22. The normalized spacial score (nSPS) is 17.1. The second-order valence-corrected chi connectivity index (χ2v) is 15.1. The molecule has 1 aromatic carbocycles. The van der Waals surface area contributed by atoms with Gasteiger partial charge in [-0.1, -0.05) is 43.9 Å². The van der Waals surface area contributed by atoms with Crippen molar-refractivity contribution in [2.75, 3.05) is 6.66 Å². The van der Waals surface area contributed by atoms with Crippen molar-refractivity contribution in [3.8, 4) is 5.75 Å². The molecule has 0 saturated heterocycles. The number of hydrogen-bond acceptors (Lipinski definition) is 3. The van der Waals surface area contributed by atoms with Crippen LogP contribution in [0.3, 0.4) is 0 Å². The van der Waals surface area contributed by atoms with Gasteiger partial charge in [-0.25, -0.2) is 4.57 Å². The van der Waals surface area contributed by atoms with Crippen LogP contribution in [0, 0.1) is 0 Å². The Kier molecular flexibility index (Phi) is 7.45. The van der Waals surface area contributed by atoms with Gasteiger partial charge in [-0.05, 0) is 18.6 Å². The number of rotatable bonds is 9. The lowest BCUT2D eigenvalue weighted by molar-refractivity contribution is -0.369. The summed E-state index contributed by atoms with van der Waals surface area (Å²) in [5, 5.41) is 0. The lowest BCUT2D eigenvalue weighted by Gasteiger charge is -2.35. The van der Waals surface area contributed by atoms with Gasteiger partial charge in [-0.15, -0.1) is 0 Å². The maximum atomic E-state index is 14.3. The molecule has 0 aliphatic carbocycles. The largest absolute Gasteiger partial charge is 0.459 e. The van der Waals surface area contributed by atoms with Gasteiger partial charge in [0.2, 0.25) is 0 Å². The highest BCUT2D eigenvalue weighted by Crippen LogP contribution is 2.54. The maximum absolute atomic E-state index is 14.3. The summed E-state index contributed by atoms with van der Waals surface area (Å²) in [5.41, 5.74) is 0. The molecule has 3 nitrogen and oxygen atoms in total. The Morgan fingerprint density at radius 1 is 1.00 bits per heavy atom. The Morgan fingerprint density at radius 2 is 1.50 bits per heavy atom. The van der Waals surface area contributed by atoms with Crippen molar-refractivity contribution >= 4 is 15.7 Å². The summed E-state index contributed by atoms with van der Waals surface area (Å²) in [4.78, 5) is 0. The molecule has 0 radical (unpaired) electrons. The van der Waals surface area contributed by atoms with E-state index >= 15 is 0 Å². The van der Waals surface area contributed by atoms with Gasteiger partial charge in [0, 0.05) is 14.7 Å². The predicted molar refractivity (Wildman–Crippen MR) is 94.2 cm³/mol. The fourth-order valence-electron chi connectivity index (χ4n) is 2.18. The van der Waals surface area contributed by atoms with Crippen molar-refractivity contribution < 1.29 is 44.3 Å². The van der Waals surface area contributed by atoms with Crippen LogP contribution in [0.5, 0.6) is 5.75 Å². The van der Waals surface area contributed by atoms with E-state index in [1.165, 1.54) is 24.3 Å². The molecular weight excluding hydrogens is 432 g/mol. The monoisotopic (exact) mass is 454 g/mol. The molecule has 0 saturated carbocycles. The average molecular weight is 454 g/mol. The molecule has 2 atom stereocenters. The Labute approximate surface area is 159 Å². The van der Waals surface area contributed by atoms with Crippen LogP contribution < -0.4 is 4.52 Å². The average Bonchev–Trinajstić information content (AvgIpc) is 2.49. The molecule has 0 aliphatic heterocycles. The Morgan fingerprint density at radius 3 is 1.93 bits per heavy atom. The van der Waals surface area contributed by atoms with Gasteiger partial charge in [0.1, 0.15) is 11.9 Å². The molecule has 0 bridgehead atoms. The minimum absolute atomic E-state index is 0.0491. The Balaban J connectivity index is 3.19. The second-order valence-electron chi connectivity index (χ2n) is 7.56. The first kappa shape index (κ1) is 25.0. The van der Waals surface area contributed by atoms with Gasteiger partial charge in [-0.3, -0.25) is 4.52 Å². The van der Waals surface area contributed by atoms with Gasteiger partial charge >= 0.3 is 25.6 Å². The SMILES string of the molecule is C[Si](C)(C)CCC(OP(C)(=O)Oc1ccccc1)C(F)(F)C(F)(F)C(F)(F)F. The van der Waals surface area contributed by atoms with Crippen LogP contribution >= 0.6 is 7.60 Å². The highest BCUT2D eigenvalue weighted by atomic mass is 31.2. The number of para-hydroxylation sites is 1. The van der Waals surface area contributed by atoms with Crippen LogP contribution in [0.25, 0.3) is 0 Å². The molecule has 0 aromatic heterocycles. The second kappa shape index (κ2) is 8.35. The smallest absolute Gasteiger partial charge is 0.425 e. The fourth-order valence-corrected chi connectivity index (χ4v) is 4.56. The van der Waals surface area contributed by atoms with Crippen LogP contribution in [0.1, 0.15) is 6.42 Å². The molecule has 28 heavy (non-hydrogen) atoms. The molecule has 0 aliphatic rings. The number of benzene rings is 1. The van der Waals surface area contributed by atoms with Crippen molar-refractivity contribution in [3.05, 3.63) is 30.3 Å². The number of hydrogen-bond donors (Lipinski definition) is 0. The van der Waals surface area contributed by atoms with Crippen LogP contribution in [0.15, 0.2) is 30.3 Å². The molecule has 1 aromatic rings. The van der Waals surface area contributed by atoms with Crippen LogP contribution in [-0.2, 0) is 9.09 Å². The lowest BCUT2D eigenvalue weighted by atomic mass is 10.0.